The number of nitrogens with one attached hydrogen (secondary N) is 1. The lowest BCUT2D eigenvalue weighted by molar-refractivity contribution is 0.0943. The van der Waals surface area contributed by atoms with Crippen LogP contribution in [-0.2, 0) is 0 Å². The van der Waals surface area contributed by atoms with Gasteiger partial charge in [-0.3, -0.25) is 4.79 Å². The molecule has 1 unspecified atom stereocenters. The van der Waals surface area contributed by atoms with Crippen LogP contribution in [0.5, 0.6) is 0 Å². The van der Waals surface area contributed by atoms with Gasteiger partial charge in [-0.25, -0.2) is 4.98 Å². The van der Waals surface area contributed by atoms with E-state index in [9.17, 15) is 4.79 Å². The zero-order valence-corrected chi connectivity index (χ0v) is 8.10. The van der Waals surface area contributed by atoms with Gasteiger partial charge in [-0.05, 0) is 6.92 Å². The molecule has 0 spiro atoms. The summed E-state index contributed by atoms with van der Waals surface area (Å²) in [6, 6.07) is -0.0598. The Morgan fingerprint density at radius 1 is 1.92 bits per heavy atom. The van der Waals surface area contributed by atoms with Gasteiger partial charge in [0.15, 0.2) is 5.13 Å². The molecule has 0 aliphatic carbocycles. The summed E-state index contributed by atoms with van der Waals surface area (Å²) >= 11 is 1.25. The van der Waals surface area contributed by atoms with Crippen molar-refractivity contribution in [1.82, 2.24) is 10.3 Å². The second-order valence-corrected chi connectivity index (χ2v) is 3.46. The topological polar surface area (TPSA) is 68.0 Å². The molecule has 1 heterocycles. The Hall–Kier alpha value is -1.36. The third-order valence-electron chi connectivity index (χ3n) is 1.47. The van der Waals surface area contributed by atoms with E-state index < -0.39 is 0 Å². The largest absolute Gasteiger partial charge is 0.375 e. The maximum Gasteiger partial charge on any atom is 0.271 e. The van der Waals surface area contributed by atoms with E-state index in [2.05, 4.69) is 16.9 Å². The third kappa shape index (κ3) is 2.55. The lowest BCUT2D eigenvalue weighted by atomic mass is 10.3. The van der Waals surface area contributed by atoms with E-state index in [4.69, 9.17) is 5.73 Å². The highest BCUT2D eigenvalue weighted by Gasteiger charge is 2.10. The van der Waals surface area contributed by atoms with Crippen molar-refractivity contribution >= 4 is 22.4 Å². The Kier molecular flexibility index (Phi) is 3.02. The minimum Gasteiger partial charge on any atom is -0.375 e. The van der Waals surface area contributed by atoms with Crippen molar-refractivity contribution in [2.45, 2.75) is 13.0 Å². The van der Waals surface area contributed by atoms with Crippen LogP contribution in [0.1, 0.15) is 17.4 Å². The van der Waals surface area contributed by atoms with Gasteiger partial charge in [-0.2, -0.15) is 0 Å². The summed E-state index contributed by atoms with van der Waals surface area (Å²) in [4.78, 5) is 15.2. The molecule has 13 heavy (non-hydrogen) atoms. The molecule has 0 saturated heterocycles. The van der Waals surface area contributed by atoms with E-state index in [-0.39, 0.29) is 11.9 Å². The van der Waals surface area contributed by atoms with Gasteiger partial charge in [0.25, 0.3) is 5.91 Å². The number of thiazole rings is 1. The van der Waals surface area contributed by atoms with E-state index in [1.807, 2.05) is 6.92 Å². The molecule has 70 valence electrons. The number of anilines is 1. The maximum atomic E-state index is 11.4. The van der Waals surface area contributed by atoms with Crippen molar-refractivity contribution < 1.29 is 4.79 Å². The number of nitrogens with zero attached hydrogens (tertiary/aromatic N) is 1. The minimum absolute atomic E-state index is 0.0598. The SMILES string of the molecule is C=CC(C)NC(=O)c1csc(N)n1. The average molecular weight is 197 g/mol. The Labute approximate surface area is 80.5 Å². The van der Waals surface area contributed by atoms with Crippen LogP contribution in [0.4, 0.5) is 5.13 Å². The van der Waals surface area contributed by atoms with Crippen molar-refractivity contribution in [2.24, 2.45) is 0 Å². The zero-order chi connectivity index (χ0) is 9.84. The van der Waals surface area contributed by atoms with Crippen LogP contribution in [0.25, 0.3) is 0 Å². The standard InChI is InChI=1S/C8H11N3OS/c1-3-5(2)10-7(12)6-4-13-8(9)11-6/h3-5H,1H2,2H3,(H2,9,11)(H,10,12). The third-order valence-corrected chi connectivity index (χ3v) is 2.14. The van der Waals surface area contributed by atoms with E-state index in [1.165, 1.54) is 11.3 Å². The molecule has 4 nitrogen and oxygen atoms in total. The fourth-order valence-corrected chi connectivity index (χ4v) is 1.27. The van der Waals surface area contributed by atoms with Gasteiger partial charge in [-0.1, -0.05) is 6.08 Å². The molecule has 1 atom stereocenters. The lowest BCUT2D eigenvalue weighted by Crippen LogP contribution is -2.31. The van der Waals surface area contributed by atoms with E-state index in [1.54, 1.807) is 11.5 Å². The quantitative estimate of drug-likeness (QED) is 0.711. The van der Waals surface area contributed by atoms with Crippen LogP contribution in [0.3, 0.4) is 0 Å². The van der Waals surface area contributed by atoms with Crippen molar-refractivity contribution in [3.63, 3.8) is 0 Å². The van der Waals surface area contributed by atoms with Crippen LogP contribution in [0.2, 0.25) is 0 Å². The first-order valence-corrected chi connectivity index (χ1v) is 4.66. The number of amides is 1. The van der Waals surface area contributed by atoms with Crippen LogP contribution < -0.4 is 11.1 Å². The number of nitrogen functional groups attached to an aromatic ring is 1. The summed E-state index contributed by atoms with van der Waals surface area (Å²) < 4.78 is 0. The first kappa shape index (κ1) is 9.73. The van der Waals surface area contributed by atoms with Gasteiger partial charge in [0.1, 0.15) is 5.69 Å². The number of nitrogens with two attached hydrogens (primary N) is 1. The van der Waals surface area contributed by atoms with Gasteiger partial charge >= 0.3 is 0 Å². The second-order valence-electron chi connectivity index (χ2n) is 2.57. The predicted molar refractivity (Wildman–Crippen MR) is 53.7 cm³/mol. The Morgan fingerprint density at radius 2 is 2.62 bits per heavy atom. The molecular formula is C8H11N3OS. The smallest absolute Gasteiger partial charge is 0.271 e. The molecule has 3 N–H and O–H groups in total. The van der Waals surface area contributed by atoms with Crippen molar-refractivity contribution in [3.05, 3.63) is 23.7 Å². The molecule has 0 aliphatic heterocycles. The first-order valence-electron chi connectivity index (χ1n) is 3.78. The molecule has 1 aromatic rings. The fourth-order valence-electron chi connectivity index (χ4n) is 0.732. The van der Waals surface area contributed by atoms with E-state index in [0.29, 0.717) is 10.8 Å². The summed E-state index contributed by atoms with van der Waals surface area (Å²) in [5.41, 5.74) is 5.74. The highest BCUT2D eigenvalue weighted by molar-refractivity contribution is 7.13. The lowest BCUT2D eigenvalue weighted by Gasteiger charge is -2.06. The van der Waals surface area contributed by atoms with Crippen LogP contribution >= 0.6 is 11.3 Å². The molecule has 0 radical (unpaired) electrons. The van der Waals surface area contributed by atoms with Crippen molar-refractivity contribution in [2.75, 3.05) is 5.73 Å². The minimum atomic E-state index is -0.222. The highest BCUT2D eigenvalue weighted by Crippen LogP contribution is 2.10. The number of hydrogen-bond acceptors (Lipinski definition) is 4. The van der Waals surface area contributed by atoms with Gasteiger partial charge in [0, 0.05) is 11.4 Å². The Morgan fingerprint density at radius 3 is 3.08 bits per heavy atom. The number of carbonyl (C=O) groups is 1. The number of carbonyl (C=O) groups excluding carboxylic acids is 1. The first-order chi connectivity index (χ1) is 6.13. The average Bonchev–Trinajstić information content (AvgIpc) is 2.51. The second kappa shape index (κ2) is 4.04. The monoisotopic (exact) mass is 197 g/mol. The molecule has 0 bridgehead atoms. The van der Waals surface area contributed by atoms with Gasteiger partial charge in [0.05, 0.1) is 0 Å². The molecule has 0 aliphatic rings. The highest BCUT2D eigenvalue weighted by atomic mass is 32.1. The number of rotatable bonds is 3. The normalized spacial score (nSPS) is 12.1. The van der Waals surface area contributed by atoms with Gasteiger partial charge < -0.3 is 11.1 Å². The predicted octanol–water partition coefficient (Wildman–Crippen LogP) is 1.03. The number of aromatic nitrogens is 1. The van der Waals surface area contributed by atoms with Crippen LogP contribution in [-0.4, -0.2) is 16.9 Å². The summed E-state index contributed by atoms with van der Waals surface area (Å²) in [6.07, 6.45) is 1.65. The summed E-state index contributed by atoms with van der Waals surface area (Å²) in [5.74, 6) is -0.222. The molecule has 1 rings (SSSR count). The van der Waals surface area contributed by atoms with Crippen LogP contribution in [0.15, 0.2) is 18.0 Å². The summed E-state index contributed by atoms with van der Waals surface area (Å²) in [7, 11) is 0. The molecule has 5 heteroatoms. The Bertz CT molecular complexity index is 321. The molecule has 1 aromatic heterocycles. The molecule has 1 amide bonds. The van der Waals surface area contributed by atoms with Gasteiger partial charge in [0.2, 0.25) is 0 Å². The van der Waals surface area contributed by atoms with Crippen molar-refractivity contribution in [1.29, 1.82) is 0 Å². The summed E-state index contributed by atoms with van der Waals surface area (Å²) in [6.45, 7) is 5.39. The van der Waals surface area contributed by atoms with Crippen LogP contribution in [0, 0.1) is 0 Å². The van der Waals surface area contributed by atoms with Crippen molar-refractivity contribution in [3.8, 4) is 0 Å². The summed E-state index contributed by atoms with van der Waals surface area (Å²) in [5, 5.41) is 4.72. The van der Waals surface area contributed by atoms with Gasteiger partial charge in [-0.15, -0.1) is 17.9 Å². The molecule has 0 aromatic carbocycles. The fraction of sp³-hybridized carbons (Fsp3) is 0.250. The molecule has 0 fully saturated rings. The zero-order valence-electron chi connectivity index (χ0n) is 7.28. The van der Waals surface area contributed by atoms with E-state index >= 15 is 0 Å². The maximum absolute atomic E-state index is 11.4. The van der Waals surface area contributed by atoms with E-state index in [0.717, 1.165) is 0 Å². The molecule has 0 saturated carbocycles. The number of hydrogen-bond donors (Lipinski definition) is 2. The Balaban J connectivity index is 2.63. The molecular weight excluding hydrogens is 186 g/mol.